The van der Waals surface area contributed by atoms with Crippen LogP contribution in [0.2, 0.25) is 10.0 Å². The van der Waals surface area contributed by atoms with Gasteiger partial charge in [0, 0.05) is 25.1 Å². The van der Waals surface area contributed by atoms with Gasteiger partial charge in [0.2, 0.25) is 5.91 Å². The van der Waals surface area contributed by atoms with Gasteiger partial charge in [0.25, 0.3) is 5.69 Å². The Morgan fingerprint density at radius 1 is 1.39 bits per heavy atom. The van der Waals surface area contributed by atoms with E-state index in [0.717, 1.165) is 0 Å². The van der Waals surface area contributed by atoms with Gasteiger partial charge in [0.1, 0.15) is 0 Å². The molecule has 0 aromatic heterocycles. The monoisotopic (exact) mass is 291 g/mol. The first-order valence-corrected chi connectivity index (χ1v) is 5.83. The minimum absolute atomic E-state index is 0.160. The van der Waals surface area contributed by atoms with Gasteiger partial charge in [0.15, 0.2) is 0 Å². The number of benzene rings is 1. The van der Waals surface area contributed by atoms with Crippen molar-refractivity contribution in [3.05, 3.63) is 32.3 Å². The minimum Gasteiger partial charge on any atom is -0.383 e. The number of nitro groups is 1. The maximum atomic E-state index is 10.6. The molecule has 0 aliphatic rings. The highest BCUT2D eigenvalue weighted by molar-refractivity contribution is 6.39. The molecule has 0 aliphatic carbocycles. The molecule has 0 spiro atoms. The molecule has 1 aromatic carbocycles. The highest BCUT2D eigenvalue weighted by atomic mass is 35.5. The molecule has 8 heteroatoms. The molecule has 3 N–H and O–H groups in total. The van der Waals surface area contributed by atoms with Gasteiger partial charge in [0.05, 0.1) is 20.7 Å². The molecule has 1 aromatic rings. The Hall–Kier alpha value is -1.53. The first-order valence-electron chi connectivity index (χ1n) is 5.07. The van der Waals surface area contributed by atoms with Crippen molar-refractivity contribution in [2.45, 2.75) is 12.8 Å². The molecule has 0 bridgehead atoms. The largest absolute Gasteiger partial charge is 0.383 e. The van der Waals surface area contributed by atoms with E-state index in [1.807, 2.05) is 0 Å². The number of nitrogens with two attached hydrogens (primary N) is 1. The predicted octanol–water partition coefficient (Wildman–Crippen LogP) is 2.58. The number of hydrogen-bond acceptors (Lipinski definition) is 4. The van der Waals surface area contributed by atoms with E-state index in [1.54, 1.807) is 0 Å². The summed E-state index contributed by atoms with van der Waals surface area (Å²) in [7, 11) is 0. The van der Waals surface area contributed by atoms with Gasteiger partial charge < -0.3 is 11.1 Å². The number of rotatable bonds is 6. The first-order chi connectivity index (χ1) is 8.41. The molecule has 1 amide bonds. The summed E-state index contributed by atoms with van der Waals surface area (Å²) < 4.78 is 0. The summed E-state index contributed by atoms with van der Waals surface area (Å²) >= 11 is 11.8. The number of anilines is 1. The van der Waals surface area contributed by atoms with Gasteiger partial charge in [-0.1, -0.05) is 23.2 Å². The van der Waals surface area contributed by atoms with Crippen LogP contribution in [0, 0.1) is 10.1 Å². The highest BCUT2D eigenvalue weighted by Crippen LogP contribution is 2.34. The Balaban J connectivity index is 2.72. The molecule has 0 radical (unpaired) electrons. The average Bonchev–Trinajstić information content (AvgIpc) is 2.26. The third-order valence-electron chi connectivity index (χ3n) is 2.14. The number of hydrogen-bond donors (Lipinski definition) is 2. The summed E-state index contributed by atoms with van der Waals surface area (Å²) in [4.78, 5) is 20.5. The van der Waals surface area contributed by atoms with Crippen LogP contribution in [0.5, 0.6) is 0 Å². The van der Waals surface area contributed by atoms with E-state index in [4.69, 9.17) is 28.9 Å². The van der Waals surface area contributed by atoms with Gasteiger partial charge in [-0.25, -0.2) is 0 Å². The summed E-state index contributed by atoms with van der Waals surface area (Å²) in [5.41, 5.74) is 5.23. The maximum Gasteiger partial charge on any atom is 0.272 e. The molecule has 1 rings (SSSR count). The van der Waals surface area contributed by atoms with Gasteiger partial charge in [-0.2, -0.15) is 0 Å². The number of primary amides is 1. The van der Waals surface area contributed by atoms with Crippen LogP contribution in [0.4, 0.5) is 11.4 Å². The van der Waals surface area contributed by atoms with E-state index in [1.165, 1.54) is 12.1 Å². The Morgan fingerprint density at radius 3 is 2.39 bits per heavy atom. The standard InChI is InChI=1S/C10H11Cl2N3O3/c11-7-4-6(15(17)18)5-8(12)10(7)14-3-1-2-9(13)16/h4-5,14H,1-3H2,(H2,13,16). The molecule has 0 unspecified atom stereocenters. The van der Waals surface area contributed by atoms with Crippen molar-refractivity contribution in [2.24, 2.45) is 5.73 Å². The Bertz CT molecular complexity index is 456. The van der Waals surface area contributed by atoms with Crippen LogP contribution >= 0.6 is 23.2 Å². The van der Waals surface area contributed by atoms with Gasteiger partial charge in [-0.3, -0.25) is 14.9 Å². The molecule has 0 saturated heterocycles. The van der Waals surface area contributed by atoms with Crippen molar-refractivity contribution in [2.75, 3.05) is 11.9 Å². The second-order valence-corrected chi connectivity index (χ2v) is 4.35. The second-order valence-electron chi connectivity index (χ2n) is 3.54. The normalized spacial score (nSPS) is 10.1. The van der Waals surface area contributed by atoms with Crippen molar-refractivity contribution in [1.82, 2.24) is 0 Å². The van der Waals surface area contributed by atoms with Crippen molar-refractivity contribution in [3.8, 4) is 0 Å². The van der Waals surface area contributed by atoms with Gasteiger partial charge >= 0.3 is 0 Å². The summed E-state index contributed by atoms with van der Waals surface area (Å²) in [5.74, 6) is -0.391. The van der Waals surface area contributed by atoms with Crippen molar-refractivity contribution in [3.63, 3.8) is 0 Å². The lowest BCUT2D eigenvalue weighted by atomic mass is 10.2. The average molecular weight is 292 g/mol. The second kappa shape index (κ2) is 6.42. The quantitative estimate of drug-likeness (QED) is 0.478. The Labute approximate surface area is 113 Å². The van der Waals surface area contributed by atoms with Gasteiger partial charge in [-0.05, 0) is 6.42 Å². The molecular weight excluding hydrogens is 281 g/mol. The maximum absolute atomic E-state index is 10.6. The zero-order valence-electron chi connectivity index (χ0n) is 9.28. The molecule has 0 saturated carbocycles. The van der Waals surface area contributed by atoms with Crippen LogP contribution in [0.25, 0.3) is 0 Å². The van der Waals surface area contributed by atoms with Crippen LogP contribution in [0.3, 0.4) is 0 Å². The van der Waals surface area contributed by atoms with Crippen molar-refractivity contribution < 1.29 is 9.72 Å². The van der Waals surface area contributed by atoms with Gasteiger partial charge in [-0.15, -0.1) is 0 Å². The topological polar surface area (TPSA) is 98.3 Å². The Kier molecular flexibility index (Phi) is 5.18. The van der Waals surface area contributed by atoms with Crippen molar-refractivity contribution in [1.29, 1.82) is 0 Å². The molecule has 0 atom stereocenters. The molecule has 98 valence electrons. The highest BCUT2D eigenvalue weighted by Gasteiger charge is 2.14. The number of nitro benzene ring substituents is 1. The smallest absolute Gasteiger partial charge is 0.272 e. The third-order valence-corrected chi connectivity index (χ3v) is 2.74. The number of carbonyl (C=O) groups excluding carboxylic acids is 1. The number of carbonyl (C=O) groups is 1. The van der Waals surface area contributed by atoms with Crippen LogP contribution in [-0.4, -0.2) is 17.4 Å². The number of nitrogens with one attached hydrogen (secondary N) is 1. The van der Waals surface area contributed by atoms with Crippen LogP contribution in [0.15, 0.2) is 12.1 Å². The number of nitrogens with zero attached hydrogens (tertiary/aromatic N) is 1. The lowest BCUT2D eigenvalue weighted by Gasteiger charge is -2.09. The zero-order chi connectivity index (χ0) is 13.7. The zero-order valence-corrected chi connectivity index (χ0v) is 10.8. The fraction of sp³-hybridized carbons (Fsp3) is 0.300. The fourth-order valence-corrected chi connectivity index (χ4v) is 1.92. The fourth-order valence-electron chi connectivity index (χ4n) is 1.31. The van der Waals surface area contributed by atoms with Crippen molar-refractivity contribution >= 4 is 40.5 Å². The summed E-state index contributed by atoms with van der Waals surface area (Å²) in [5, 5.41) is 13.8. The van der Waals surface area contributed by atoms with E-state index in [2.05, 4.69) is 5.32 Å². The molecule has 0 aliphatic heterocycles. The number of non-ortho nitro benzene ring substituents is 1. The van der Waals surface area contributed by atoms with E-state index in [-0.39, 0.29) is 22.2 Å². The number of amides is 1. The first kappa shape index (κ1) is 14.5. The van der Waals surface area contributed by atoms with E-state index in [0.29, 0.717) is 18.7 Å². The predicted molar refractivity (Wildman–Crippen MR) is 70.0 cm³/mol. The van der Waals surface area contributed by atoms with Crippen LogP contribution in [-0.2, 0) is 4.79 Å². The van der Waals surface area contributed by atoms with Crippen LogP contribution < -0.4 is 11.1 Å². The lowest BCUT2D eigenvalue weighted by molar-refractivity contribution is -0.384. The van der Waals surface area contributed by atoms with E-state index < -0.39 is 10.8 Å². The summed E-state index contributed by atoms with van der Waals surface area (Å²) in [6.45, 7) is 0.445. The number of halogens is 2. The summed E-state index contributed by atoms with van der Waals surface area (Å²) in [6.07, 6.45) is 0.772. The summed E-state index contributed by atoms with van der Waals surface area (Å²) in [6, 6.07) is 2.42. The SMILES string of the molecule is NC(=O)CCCNc1c(Cl)cc([N+](=O)[O-])cc1Cl. The molecule has 18 heavy (non-hydrogen) atoms. The third kappa shape index (κ3) is 4.05. The molecule has 0 heterocycles. The molecule has 6 nitrogen and oxygen atoms in total. The van der Waals surface area contributed by atoms with E-state index in [9.17, 15) is 14.9 Å². The Morgan fingerprint density at radius 2 is 1.94 bits per heavy atom. The molecular formula is C10H11Cl2N3O3. The van der Waals surface area contributed by atoms with E-state index >= 15 is 0 Å². The lowest BCUT2D eigenvalue weighted by Crippen LogP contribution is -2.12. The molecule has 0 fully saturated rings. The minimum atomic E-state index is -0.575. The van der Waals surface area contributed by atoms with Crippen LogP contribution in [0.1, 0.15) is 12.8 Å².